The SMILES string of the molecule is CCNC(=NCC(C)Oc1cccc(OC)c1)N1CCC(C(=O)N2CCOCC2)CC1. The molecule has 0 radical (unpaired) electrons. The summed E-state index contributed by atoms with van der Waals surface area (Å²) in [5.41, 5.74) is 0. The molecule has 2 fully saturated rings. The van der Waals surface area contributed by atoms with Crippen LogP contribution in [0.5, 0.6) is 11.5 Å². The standard InChI is InChI=1S/C23H36N4O4/c1-4-24-23(25-17-18(2)31-21-7-5-6-20(16-21)29-3)27-10-8-19(9-11-27)22(28)26-12-14-30-15-13-26/h5-7,16,18-19H,4,8-15,17H2,1-3H3,(H,24,25). The predicted octanol–water partition coefficient (Wildman–Crippen LogP) is 2.00. The van der Waals surface area contributed by atoms with Crippen LogP contribution in [-0.2, 0) is 9.53 Å². The summed E-state index contributed by atoms with van der Waals surface area (Å²) in [5, 5.41) is 3.39. The van der Waals surface area contributed by atoms with Crippen LogP contribution >= 0.6 is 0 Å². The highest BCUT2D eigenvalue weighted by molar-refractivity contribution is 5.82. The lowest BCUT2D eigenvalue weighted by atomic mass is 9.95. The van der Waals surface area contributed by atoms with Gasteiger partial charge in [-0.1, -0.05) is 6.07 Å². The van der Waals surface area contributed by atoms with Crippen molar-refractivity contribution in [1.29, 1.82) is 0 Å². The highest BCUT2D eigenvalue weighted by Gasteiger charge is 2.30. The molecule has 8 heteroatoms. The molecule has 172 valence electrons. The molecule has 0 spiro atoms. The van der Waals surface area contributed by atoms with Crippen LogP contribution in [0.2, 0.25) is 0 Å². The van der Waals surface area contributed by atoms with E-state index in [1.54, 1.807) is 7.11 Å². The van der Waals surface area contributed by atoms with Crippen LogP contribution in [0.15, 0.2) is 29.3 Å². The molecular weight excluding hydrogens is 396 g/mol. The highest BCUT2D eigenvalue weighted by Crippen LogP contribution is 2.21. The van der Waals surface area contributed by atoms with E-state index in [1.807, 2.05) is 36.1 Å². The molecule has 1 amide bonds. The second-order valence-corrected chi connectivity index (χ2v) is 8.00. The van der Waals surface area contributed by atoms with E-state index in [0.29, 0.717) is 32.8 Å². The number of nitrogens with one attached hydrogen (secondary N) is 1. The first-order valence-corrected chi connectivity index (χ1v) is 11.3. The molecule has 2 aliphatic rings. The van der Waals surface area contributed by atoms with Gasteiger partial charge in [0.2, 0.25) is 5.91 Å². The maximum absolute atomic E-state index is 12.8. The number of rotatable bonds is 7. The summed E-state index contributed by atoms with van der Waals surface area (Å²) in [6.45, 7) is 9.83. The number of ether oxygens (including phenoxy) is 3. The number of piperidine rings is 1. The summed E-state index contributed by atoms with van der Waals surface area (Å²) in [6, 6.07) is 7.61. The van der Waals surface area contributed by atoms with Gasteiger partial charge in [-0.3, -0.25) is 4.79 Å². The van der Waals surface area contributed by atoms with Gasteiger partial charge in [0.25, 0.3) is 0 Å². The normalized spacial score (nSPS) is 19.1. The van der Waals surface area contributed by atoms with Crippen LogP contribution in [-0.4, -0.2) is 87.4 Å². The maximum Gasteiger partial charge on any atom is 0.225 e. The fourth-order valence-corrected chi connectivity index (χ4v) is 3.97. The zero-order valence-electron chi connectivity index (χ0n) is 19.0. The molecule has 1 unspecified atom stereocenters. The lowest BCUT2D eigenvalue weighted by molar-refractivity contribution is -0.140. The number of likely N-dealkylation sites (tertiary alicyclic amines) is 1. The summed E-state index contributed by atoms with van der Waals surface area (Å²) in [4.78, 5) is 21.8. The fourth-order valence-electron chi connectivity index (χ4n) is 3.97. The smallest absolute Gasteiger partial charge is 0.225 e. The van der Waals surface area contributed by atoms with Crippen LogP contribution in [0.4, 0.5) is 0 Å². The van der Waals surface area contributed by atoms with Crippen LogP contribution < -0.4 is 14.8 Å². The Bertz CT molecular complexity index is 728. The average Bonchev–Trinajstić information content (AvgIpc) is 2.82. The van der Waals surface area contributed by atoms with Gasteiger partial charge in [0.15, 0.2) is 5.96 Å². The van der Waals surface area contributed by atoms with E-state index in [-0.39, 0.29) is 17.9 Å². The van der Waals surface area contributed by atoms with Crippen molar-refractivity contribution in [3.05, 3.63) is 24.3 Å². The molecule has 31 heavy (non-hydrogen) atoms. The molecule has 3 rings (SSSR count). The maximum atomic E-state index is 12.8. The molecule has 1 aromatic carbocycles. The third kappa shape index (κ3) is 6.75. The molecule has 1 atom stereocenters. The van der Waals surface area contributed by atoms with E-state index in [2.05, 4.69) is 17.1 Å². The molecule has 1 aromatic rings. The number of aliphatic imine (C=N–C) groups is 1. The van der Waals surface area contributed by atoms with E-state index in [4.69, 9.17) is 19.2 Å². The van der Waals surface area contributed by atoms with Gasteiger partial charge in [-0.2, -0.15) is 0 Å². The van der Waals surface area contributed by atoms with Crippen LogP contribution in [0, 0.1) is 5.92 Å². The molecule has 2 aliphatic heterocycles. The summed E-state index contributed by atoms with van der Waals surface area (Å²) in [5.74, 6) is 2.82. The van der Waals surface area contributed by atoms with Crippen molar-refractivity contribution in [2.75, 3.05) is 59.6 Å². The molecule has 0 aliphatic carbocycles. The third-order valence-electron chi connectivity index (χ3n) is 5.68. The number of nitrogens with zero attached hydrogens (tertiary/aromatic N) is 3. The first-order valence-electron chi connectivity index (χ1n) is 11.3. The number of hydrogen-bond donors (Lipinski definition) is 1. The number of carbonyl (C=O) groups is 1. The lowest BCUT2D eigenvalue weighted by Crippen LogP contribution is -2.50. The van der Waals surface area contributed by atoms with Gasteiger partial charge < -0.3 is 29.3 Å². The minimum Gasteiger partial charge on any atom is -0.497 e. The van der Waals surface area contributed by atoms with Gasteiger partial charge in [0, 0.05) is 44.7 Å². The Morgan fingerprint density at radius 1 is 1.19 bits per heavy atom. The first kappa shape index (κ1) is 23.2. The molecule has 0 bridgehead atoms. The van der Waals surface area contributed by atoms with Crippen molar-refractivity contribution in [2.24, 2.45) is 10.9 Å². The van der Waals surface area contributed by atoms with E-state index < -0.39 is 0 Å². The molecule has 0 aromatic heterocycles. The second-order valence-electron chi connectivity index (χ2n) is 8.00. The predicted molar refractivity (Wildman–Crippen MR) is 121 cm³/mol. The number of amides is 1. The van der Waals surface area contributed by atoms with Gasteiger partial charge in [-0.05, 0) is 38.8 Å². The Hall–Kier alpha value is -2.48. The van der Waals surface area contributed by atoms with Crippen LogP contribution in [0.25, 0.3) is 0 Å². The monoisotopic (exact) mass is 432 g/mol. The van der Waals surface area contributed by atoms with Crippen LogP contribution in [0.3, 0.4) is 0 Å². The van der Waals surface area contributed by atoms with Gasteiger partial charge in [0.1, 0.15) is 17.6 Å². The van der Waals surface area contributed by atoms with Crippen molar-refractivity contribution >= 4 is 11.9 Å². The largest absolute Gasteiger partial charge is 0.497 e. The van der Waals surface area contributed by atoms with E-state index in [1.165, 1.54) is 0 Å². The number of morpholine rings is 1. The number of hydrogen-bond acceptors (Lipinski definition) is 5. The van der Waals surface area contributed by atoms with Crippen LogP contribution in [0.1, 0.15) is 26.7 Å². The minimum absolute atomic E-state index is 0.0683. The van der Waals surface area contributed by atoms with Crippen molar-refractivity contribution < 1.29 is 19.0 Å². The number of carbonyl (C=O) groups excluding carboxylic acids is 1. The zero-order valence-corrected chi connectivity index (χ0v) is 19.0. The summed E-state index contributed by atoms with van der Waals surface area (Å²) in [7, 11) is 1.65. The minimum atomic E-state index is -0.0683. The van der Waals surface area contributed by atoms with Crippen molar-refractivity contribution in [1.82, 2.24) is 15.1 Å². The fraction of sp³-hybridized carbons (Fsp3) is 0.652. The number of methoxy groups -OCH3 is 1. The quantitative estimate of drug-likeness (QED) is 0.525. The van der Waals surface area contributed by atoms with Crippen molar-refractivity contribution in [2.45, 2.75) is 32.8 Å². The van der Waals surface area contributed by atoms with Gasteiger partial charge in [-0.25, -0.2) is 4.99 Å². The first-order chi connectivity index (χ1) is 15.1. The van der Waals surface area contributed by atoms with E-state index in [9.17, 15) is 4.79 Å². The Morgan fingerprint density at radius 2 is 1.90 bits per heavy atom. The third-order valence-corrected chi connectivity index (χ3v) is 5.68. The topological polar surface area (TPSA) is 75.6 Å². The Kier molecular flexibility index (Phi) is 8.82. The summed E-state index contributed by atoms with van der Waals surface area (Å²) < 4.78 is 16.6. The van der Waals surface area contributed by atoms with E-state index in [0.717, 1.165) is 49.9 Å². The van der Waals surface area contributed by atoms with Crippen molar-refractivity contribution in [3.63, 3.8) is 0 Å². The number of benzene rings is 1. The summed E-state index contributed by atoms with van der Waals surface area (Å²) >= 11 is 0. The molecule has 2 saturated heterocycles. The zero-order chi connectivity index (χ0) is 22.1. The molecule has 0 saturated carbocycles. The highest BCUT2D eigenvalue weighted by atomic mass is 16.5. The molecule has 1 N–H and O–H groups in total. The van der Waals surface area contributed by atoms with Gasteiger partial charge >= 0.3 is 0 Å². The Balaban J connectivity index is 1.51. The van der Waals surface area contributed by atoms with Crippen molar-refractivity contribution in [3.8, 4) is 11.5 Å². The Labute approximate surface area is 185 Å². The van der Waals surface area contributed by atoms with Gasteiger partial charge in [-0.15, -0.1) is 0 Å². The number of guanidine groups is 1. The Morgan fingerprint density at radius 3 is 2.58 bits per heavy atom. The molecule has 2 heterocycles. The second kappa shape index (κ2) is 11.8. The average molecular weight is 433 g/mol. The summed E-state index contributed by atoms with van der Waals surface area (Å²) in [6.07, 6.45) is 1.65. The molecular formula is C23H36N4O4. The van der Waals surface area contributed by atoms with Gasteiger partial charge in [0.05, 0.1) is 26.9 Å². The lowest BCUT2D eigenvalue weighted by Gasteiger charge is -2.36. The molecule has 8 nitrogen and oxygen atoms in total. The van der Waals surface area contributed by atoms with E-state index >= 15 is 0 Å².